The number of H-pyrrole nitrogens is 2. The number of nitrogens with one attached hydrogen (secondary N) is 3. The molecule has 1 saturated heterocycles. The molecule has 13 nitrogen and oxygen atoms in total. The van der Waals surface area contributed by atoms with Gasteiger partial charge in [-0.3, -0.25) is 9.59 Å². The van der Waals surface area contributed by atoms with Crippen molar-refractivity contribution in [3.05, 3.63) is 108 Å². The van der Waals surface area contributed by atoms with Gasteiger partial charge in [0, 0.05) is 29.2 Å². The van der Waals surface area contributed by atoms with Crippen LogP contribution in [0.4, 0.5) is 29.5 Å². The summed E-state index contributed by atoms with van der Waals surface area (Å²) in [5.41, 5.74) is 8.60. The fraction of sp³-hybridized carbons (Fsp3) is 0.147. The summed E-state index contributed by atoms with van der Waals surface area (Å²) in [6.45, 7) is 0.779. The normalized spacial score (nSPS) is 14.5. The number of nitrogen functional groups attached to an aromatic ring is 1. The number of urea groups is 1. The molecule has 0 saturated carbocycles. The second-order valence-corrected chi connectivity index (χ2v) is 11.4. The molecule has 1 fully saturated rings. The Kier molecular flexibility index (Phi) is 8.19. The number of hydrogen-bond acceptors (Lipinski definition) is 8. The van der Waals surface area contributed by atoms with E-state index in [9.17, 15) is 27.6 Å². The summed E-state index contributed by atoms with van der Waals surface area (Å²) in [6, 6.07) is 13.5. The van der Waals surface area contributed by atoms with Gasteiger partial charge in [-0.15, -0.1) is 0 Å². The van der Waals surface area contributed by atoms with E-state index in [-0.39, 0.29) is 40.7 Å². The van der Waals surface area contributed by atoms with E-state index in [1.807, 2.05) is 0 Å². The molecule has 6 aromatic rings. The number of alkyl halides is 2. The van der Waals surface area contributed by atoms with Crippen molar-refractivity contribution in [1.82, 2.24) is 30.0 Å². The third kappa shape index (κ3) is 5.98. The zero-order valence-electron chi connectivity index (χ0n) is 26.1. The Labute approximate surface area is 280 Å². The third-order valence-electron chi connectivity index (χ3n) is 8.06. The number of hydrogen-bond donors (Lipinski definition) is 4. The van der Waals surface area contributed by atoms with Crippen molar-refractivity contribution in [1.29, 1.82) is 0 Å². The molecule has 5 N–H and O–H groups in total. The number of ether oxygens (including phenoxy) is 2. The summed E-state index contributed by atoms with van der Waals surface area (Å²) >= 11 is 0. The summed E-state index contributed by atoms with van der Waals surface area (Å²) in [4.78, 5) is 50.6. The maximum absolute atomic E-state index is 14.1. The number of benzene rings is 3. The molecule has 3 amide bonds. The van der Waals surface area contributed by atoms with E-state index in [1.54, 1.807) is 37.3 Å². The highest BCUT2D eigenvalue weighted by atomic mass is 19.3. The molecule has 0 radical (unpaired) electrons. The van der Waals surface area contributed by atoms with Gasteiger partial charge < -0.3 is 30.5 Å². The number of aromatic nitrogens is 5. The van der Waals surface area contributed by atoms with Crippen LogP contribution in [0.15, 0.2) is 79.4 Å². The van der Waals surface area contributed by atoms with E-state index in [4.69, 9.17) is 15.2 Å². The van der Waals surface area contributed by atoms with Gasteiger partial charge in [0.2, 0.25) is 5.78 Å². The first-order valence-corrected chi connectivity index (χ1v) is 15.2. The standard InChI is InChI=1S/C34H27F3N8O5/c1-17-8-20(50-28-5-3-2-4-22(28)35)6-7-26(17)45-32(38)21(14-41-45)31(46)24-9-18-10-29(49-15-30(36)37)27(12-23(18)42-24)44-33(47)25(43-34(44)48)11-19-13-39-16-40-19/h2-10,12-14,16,25,30,42H,11,15,38H2,1H3,(H,39,40)(H,43,48). The first-order chi connectivity index (χ1) is 24.1. The van der Waals surface area contributed by atoms with Crippen molar-refractivity contribution in [3.8, 4) is 22.9 Å². The fourth-order valence-corrected chi connectivity index (χ4v) is 5.68. The number of rotatable bonds is 11. The Morgan fingerprint density at radius 3 is 2.60 bits per heavy atom. The number of aryl methyl sites for hydroxylation is 1. The monoisotopic (exact) mass is 684 g/mol. The molecule has 1 aliphatic heterocycles. The highest BCUT2D eigenvalue weighted by molar-refractivity contribution is 6.23. The maximum Gasteiger partial charge on any atom is 0.329 e. The number of nitrogens with two attached hydrogens (primary N) is 1. The van der Waals surface area contributed by atoms with Crippen LogP contribution in [-0.4, -0.2) is 61.5 Å². The number of aromatic amines is 2. The largest absolute Gasteiger partial charge is 0.485 e. The number of carbonyl (C=O) groups excluding carboxylic acids is 3. The lowest BCUT2D eigenvalue weighted by atomic mass is 10.1. The first kappa shape index (κ1) is 32.0. The van der Waals surface area contributed by atoms with Gasteiger partial charge in [-0.05, 0) is 61.0 Å². The van der Waals surface area contributed by atoms with Gasteiger partial charge in [0.05, 0.1) is 35.2 Å². The molecule has 7 rings (SSSR count). The lowest BCUT2D eigenvalue weighted by Gasteiger charge is -2.18. The number of para-hydroxylation sites is 1. The predicted molar refractivity (Wildman–Crippen MR) is 175 cm³/mol. The minimum absolute atomic E-state index is 0.0313. The van der Waals surface area contributed by atoms with E-state index in [1.165, 1.54) is 53.7 Å². The van der Waals surface area contributed by atoms with Crippen molar-refractivity contribution in [3.63, 3.8) is 0 Å². The molecule has 0 bridgehead atoms. The summed E-state index contributed by atoms with van der Waals surface area (Å²) < 4.78 is 52.9. The fourth-order valence-electron chi connectivity index (χ4n) is 5.68. The summed E-state index contributed by atoms with van der Waals surface area (Å²) in [6.07, 6.45) is 1.55. The predicted octanol–water partition coefficient (Wildman–Crippen LogP) is 5.44. The molecular weight excluding hydrogens is 657 g/mol. The SMILES string of the molecule is Cc1cc(Oc2ccccc2F)ccc1-n1ncc(C(=O)c2cc3cc(OCC(F)F)c(N4C(=O)NC(Cc5cnc[nH]5)C4=O)cc3[nH]2)c1N. The molecule has 1 atom stereocenters. The van der Waals surface area contributed by atoms with E-state index in [0.717, 1.165) is 4.90 Å². The number of fused-ring (bicyclic) bond motifs is 1. The third-order valence-corrected chi connectivity index (χ3v) is 8.06. The van der Waals surface area contributed by atoms with Crippen molar-refractivity contribution < 1.29 is 37.0 Å². The van der Waals surface area contributed by atoms with Gasteiger partial charge in [0.15, 0.2) is 11.6 Å². The van der Waals surface area contributed by atoms with Gasteiger partial charge in [-0.1, -0.05) is 12.1 Å². The summed E-state index contributed by atoms with van der Waals surface area (Å²) in [7, 11) is 0. The molecule has 254 valence electrons. The van der Waals surface area contributed by atoms with Crippen LogP contribution in [0.3, 0.4) is 0 Å². The second-order valence-electron chi connectivity index (χ2n) is 11.4. The molecule has 3 aromatic carbocycles. The van der Waals surface area contributed by atoms with Crippen LogP contribution in [-0.2, 0) is 11.2 Å². The number of imide groups is 1. The van der Waals surface area contributed by atoms with Crippen molar-refractivity contribution in [2.24, 2.45) is 0 Å². The van der Waals surface area contributed by atoms with Crippen LogP contribution in [0.5, 0.6) is 17.2 Å². The molecule has 0 aliphatic carbocycles. The smallest absolute Gasteiger partial charge is 0.329 e. The number of carbonyl (C=O) groups is 3. The Morgan fingerprint density at radius 1 is 1.04 bits per heavy atom. The Bertz CT molecular complexity index is 2270. The molecule has 16 heteroatoms. The second kappa shape index (κ2) is 12.8. The topological polar surface area (TPSA) is 173 Å². The summed E-state index contributed by atoms with van der Waals surface area (Å²) in [5, 5.41) is 7.29. The molecule has 3 aromatic heterocycles. The van der Waals surface area contributed by atoms with E-state index in [2.05, 4.69) is 25.4 Å². The van der Waals surface area contributed by atoms with Crippen molar-refractivity contribution in [2.45, 2.75) is 25.8 Å². The number of imidazole rings is 1. The maximum atomic E-state index is 14.1. The minimum atomic E-state index is -2.84. The number of halogens is 3. The van der Waals surface area contributed by atoms with Crippen LogP contribution < -0.4 is 25.4 Å². The van der Waals surface area contributed by atoms with Crippen molar-refractivity contribution >= 4 is 40.1 Å². The minimum Gasteiger partial charge on any atom is -0.485 e. The molecule has 4 heterocycles. The first-order valence-electron chi connectivity index (χ1n) is 15.2. The van der Waals surface area contributed by atoms with Gasteiger partial charge in [-0.25, -0.2) is 32.5 Å². The zero-order valence-corrected chi connectivity index (χ0v) is 26.1. The molecular formula is C34H27F3N8O5. The average Bonchev–Trinajstić information content (AvgIpc) is 3.88. The van der Waals surface area contributed by atoms with Crippen LogP contribution in [0.1, 0.15) is 27.3 Å². The summed E-state index contributed by atoms with van der Waals surface area (Å²) in [5.74, 6) is -1.35. The van der Waals surface area contributed by atoms with E-state index < -0.39 is 42.6 Å². The van der Waals surface area contributed by atoms with E-state index >= 15 is 0 Å². The zero-order chi connectivity index (χ0) is 35.1. The number of anilines is 2. The number of nitrogens with zero attached hydrogens (tertiary/aromatic N) is 4. The van der Waals surface area contributed by atoms with E-state index in [0.29, 0.717) is 33.6 Å². The van der Waals surface area contributed by atoms with Crippen LogP contribution >= 0.6 is 0 Å². The van der Waals surface area contributed by atoms with Gasteiger partial charge >= 0.3 is 6.03 Å². The molecule has 1 aliphatic rings. The Balaban J connectivity index is 1.17. The average molecular weight is 685 g/mol. The number of ketones is 1. The number of amides is 3. The molecule has 50 heavy (non-hydrogen) atoms. The highest BCUT2D eigenvalue weighted by Crippen LogP contribution is 2.37. The van der Waals surface area contributed by atoms with Gasteiger partial charge in [-0.2, -0.15) is 5.10 Å². The van der Waals surface area contributed by atoms with Crippen LogP contribution in [0.25, 0.3) is 16.6 Å². The Morgan fingerprint density at radius 2 is 1.86 bits per heavy atom. The highest BCUT2D eigenvalue weighted by Gasteiger charge is 2.41. The van der Waals surface area contributed by atoms with Gasteiger partial charge in [0.1, 0.15) is 30.0 Å². The molecule has 1 unspecified atom stereocenters. The Hall–Kier alpha value is -6.58. The van der Waals surface area contributed by atoms with Crippen LogP contribution in [0, 0.1) is 12.7 Å². The lowest BCUT2D eigenvalue weighted by Crippen LogP contribution is -2.32. The quantitative estimate of drug-likeness (QED) is 0.103. The lowest BCUT2D eigenvalue weighted by molar-refractivity contribution is -0.118. The molecule has 0 spiro atoms. The van der Waals surface area contributed by atoms with Crippen LogP contribution in [0.2, 0.25) is 0 Å². The van der Waals surface area contributed by atoms with Crippen molar-refractivity contribution in [2.75, 3.05) is 17.2 Å². The van der Waals surface area contributed by atoms with Gasteiger partial charge in [0.25, 0.3) is 12.3 Å².